The van der Waals surface area contributed by atoms with Crippen molar-refractivity contribution in [1.29, 1.82) is 0 Å². The number of hydrogen-bond acceptors (Lipinski definition) is 6. The number of rotatable bonds is 6. The molecule has 1 N–H and O–H groups in total. The van der Waals surface area contributed by atoms with Crippen molar-refractivity contribution in [3.8, 4) is 11.5 Å². The molecule has 0 atom stereocenters. The molecule has 32 heavy (non-hydrogen) atoms. The maximum absolute atomic E-state index is 12.9. The molecule has 0 aliphatic rings. The third-order valence-corrected chi connectivity index (χ3v) is 5.16. The fourth-order valence-electron chi connectivity index (χ4n) is 2.45. The molecule has 0 aromatic heterocycles. The number of anilines is 1. The van der Waals surface area contributed by atoms with Crippen LogP contribution < -0.4 is 14.2 Å². The van der Waals surface area contributed by atoms with E-state index in [9.17, 15) is 31.2 Å². The fraction of sp³-hybridized carbons (Fsp3) is 0.333. The van der Waals surface area contributed by atoms with Crippen molar-refractivity contribution in [1.82, 2.24) is 0 Å². The molecule has 0 saturated carbocycles. The Bertz CT molecular complexity index is 1120. The molecule has 0 spiro atoms. The highest BCUT2D eigenvalue weighted by atomic mass is 32.2. The van der Waals surface area contributed by atoms with Crippen LogP contribution in [0, 0.1) is 0 Å². The van der Waals surface area contributed by atoms with Gasteiger partial charge in [0.05, 0.1) is 5.69 Å². The first kappa shape index (κ1) is 25.2. The molecule has 0 radical (unpaired) electrons. The number of amides is 1. The summed E-state index contributed by atoms with van der Waals surface area (Å²) in [5.74, 6) is -3.14. The van der Waals surface area contributed by atoms with Crippen molar-refractivity contribution in [3.05, 3.63) is 53.6 Å². The lowest BCUT2D eigenvalue weighted by atomic mass is 9.86. The van der Waals surface area contributed by atoms with E-state index in [-0.39, 0.29) is 17.4 Å². The minimum Gasteiger partial charge on any atom is -0.422 e. The van der Waals surface area contributed by atoms with Gasteiger partial charge in [0, 0.05) is 12.0 Å². The van der Waals surface area contributed by atoms with E-state index in [2.05, 4.69) is 9.50 Å². The molecule has 0 saturated heterocycles. The Balaban J connectivity index is 2.50. The molecule has 2 aromatic rings. The number of benzene rings is 2. The van der Waals surface area contributed by atoms with Gasteiger partial charge in [-0.1, -0.05) is 45.9 Å². The summed E-state index contributed by atoms with van der Waals surface area (Å²) in [5.41, 5.74) is -5.44. The predicted octanol–water partition coefficient (Wildman–Crippen LogP) is 4.78. The summed E-state index contributed by atoms with van der Waals surface area (Å²) in [6.07, 6.45) is -0.137. The van der Waals surface area contributed by atoms with Crippen LogP contribution in [-0.4, -0.2) is 25.8 Å². The van der Waals surface area contributed by atoms with Crippen LogP contribution in [0.5, 0.6) is 11.5 Å². The summed E-state index contributed by atoms with van der Waals surface area (Å²) in [5, 5.41) is 2.32. The van der Waals surface area contributed by atoms with Crippen LogP contribution in [0.1, 0.15) is 50.0 Å². The molecule has 0 heterocycles. The van der Waals surface area contributed by atoms with E-state index in [1.807, 2.05) is 26.8 Å². The zero-order chi connectivity index (χ0) is 24.3. The Labute approximate surface area is 183 Å². The van der Waals surface area contributed by atoms with Crippen LogP contribution in [0.25, 0.3) is 0 Å². The predicted molar refractivity (Wildman–Crippen MR) is 111 cm³/mol. The van der Waals surface area contributed by atoms with Crippen LogP contribution in [-0.2, 0) is 20.3 Å². The Hall–Kier alpha value is -3.08. The van der Waals surface area contributed by atoms with Crippen molar-refractivity contribution in [2.45, 2.75) is 45.0 Å². The van der Waals surface area contributed by atoms with Crippen molar-refractivity contribution in [2.75, 3.05) is 5.32 Å². The summed E-state index contributed by atoms with van der Waals surface area (Å²) in [7, 11) is -6.11. The zero-order valence-corrected chi connectivity index (χ0v) is 18.6. The van der Waals surface area contributed by atoms with E-state index < -0.39 is 44.7 Å². The van der Waals surface area contributed by atoms with Gasteiger partial charge in [0.15, 0.2) is 5.75 Å². The summed E-state index contributed by atoms with van der Waals surface area (Å²) >= 11 is 0. The Morgan fingerprint density at radius 2 is 1.66 bits per heavy atom. The highest BCUT2D eigenvalue weighted by Gasteiger charge is 2.49. The lowest BCUT2D eigenvalue weighted by Gasteiger charge is -2.20. The van der Waals surface area contributed by atoms with E-state index in [1.165, 1.54) is 19.1 Å². The number of esters is 1. The SMILES string of the molecule is CCC(=O)Oc1cccc(NC(=O)c2cccc(C(C)(C)C)c2)c1OS(=O)(=O)C(F)(F)F. The van der Waals surface area contributed by atoms with Gasteiger partial charge in [-0.2, -0.15) is 21.6 Å². The standard InChI is InChI=1S/C21H22F3NO6S/c1-5-17(26)30-16-11-7-10-15(18(16)31-32(28,29)21(22,23)24)25-19(27)13-8-6-9-14(12-13)20(2,3)4/h6-12H,5H2,1-4H3,(H,25,27). The van der Waals surface area contributed by atoms with Gasteiger partial charge >= 0.3 is 21.6 Å². The summed E-state index contributed by atoms with van der Waals surface area (Å²) < 4.78 is 71.0. The van der Waals surface area contributed by atoms with Gasteiger partial charge in [-0.3, -0.25) is 9.59 Å². The third-order valence-electron chi connectivity index (χ3n) is 4.21. The number of nitrogens with one attached hydrogen (secondary N) is 1. The second kappa shape index (κ2) is 9.19. The normalized spacial score (nSPS) is 12.2. The van der Waals surface area contributed by atoms with Gasteiger partial charge in [0.25, 0.3) is 5.91 Å². The lowest BCUT2D eigenvalue weighted by Crippen LogP contribution is -2.29. The minimum absolute atomic E-state index is 0.137. The first-order valence-corrected chi connectivity index (χ1v) is 10.8. The molecule has 0 aliphatic carbocycles. The van der Waals surface area contributed by atoms with Crippen molar-refractivity contribution < 1.29 is 40.1 Å². The van der Waals surface area contributed by atoms with E-state index in [0.717, 1.165) is 17.7 Å². The molecule has 11 heteroatoms. The van der Waals surface area contributed by atoms with Crippen molar-refractivity contribution >= 4 is 27.7 Å². The Morgan fingerprint density at radius 1 is 1.03 bits per heavy atom. The summed E-state index contributed by atoms with van der Waals surface area (Å²) in [6.45, 7) is 7.24. The number of halogens is 3. The first-order chi connectivity index (χ1) is 14.7. The quantitative estimate of drug-likeness (QED) is 0.281. The Kier molecular flexibility index (Phi) is 7.23. The molecule has 174 valence electrons. The summed E-state index contributed by atoms with van der Waals surface area (Å²) in [4.78, 5) is 24.4. The van der Waals surface area contributed by atoms with Crippen LogP contribution in [0.3, 0.4) is 0 Å². The smallest absolute Gasteiger partial charge is 0.422 e. The number of carbonyl (C=O) groups is 2. The van der Waals surface area contributed by atoms with Gasteiger partial charge < -0.3 is 14.2 Å². The number of ether oxygens (including phenoxy) is 1. The molecule has 2 aromatic carbocycles. The second-order valence-corrected chi connectivity index (χ2v) is 9.27. The van der Waals surface area contributed by atoms with Crippen LogP contribution >= 0.6 is 0 Å². The van der Waals surface area contributed by atoms with E-state index in [1.54, 1.807) is 12.1 Å². The maximum atomic E-state index is 12.9. The van der Waals surface area contributed by atoms with Crippen LogP contribution in [0.2, 0.25) is 0 Å². The molecular formula is C21H22F3NO6S. The number of carbonyl (C=O) groups excluding carboxylic acids is 2. The molecule has 2 rings (SSSR count). The number of hydrogen-bond donors (Lipinski definition) is 1. The molecule has 0 bridgehead atoms. The van der Waals surface area contributed by atoms with Gasteiger partial charge in [-0.25, -0.2) is 0 Å². The van der Waals surface area contributed by atoms with Gasteiger partial charge in [0.2, 0.25) is 5.75 Å². The summed E-state index contributed by atoms with van der Waals surface area (Å²) in [6, 6.07) is 9.96. The van der Waals surface area contributed by atoms with Gasteiger partial charge in [-0.15, -0.1) is 0 Å². The largest absolute Gasteiger partial charge is 0.534 e. The van der Waals surface area contributed by atoms with Gasteiger partial charge in [-0.05, 0) is 35.2 Å². The van der Waals surface area contributed by atoms with Crippen LogP contribution in [0.15, 0.2) is 42.5 Å². The highest BCUT2D eigenvalue weighted by Crippen LogP contribution is 2.39. The molecular weight excluding hydrogens is 451 g/mol. The number of para-hydroxylation sites is 1. The van der Waals surface area contributed by atoms with Crippen molar-refractivity contribution in [3.63, 3.8) is 0 Å². The Morgan fingerprint density at radius 3 is 2.22 bits per heavy atom. The minimum atomic E-state index is -6.11. The average Bonchev–Trinajstić information content (AvgIpc) is 2.68. The van der Waals surface area contributed by atoms with Gasteiger partial charge in [0.1, 0.15) is 0 Å². The highest BCUT2D eigenvalue weighted by molar-refractivity contribution is 7.88. The second-order valence-electron chi connectivity index (χ2n) is 7.73. The first-order valence-electron chi connectivity index (χ1n) is 9.42. The molecule has 0 aliphatic heterocycles. The number of alkyl halides is 3. The monoisotopic (exact) mass is 473 g/mol. The molecule has 0 unspecified atom stereocenters. The maximum Gasteiger partial charge on any atom is 0.534 e. The van der Waals surface area contributed by atoms with Crippen LogP contribution in [0.4, 0.5) is 18.9 Å². The van der Waals surface area contributed by atoms with E-state index >= 15 is 0 Å². The average molecular weight is 473 g/mol. The molecule has 0 fully saturated rings. The lowest BCUT2D eigenvalue weighted by molar-refractivity contribution is -0.134. The topological polar surface area (TPSA) is 98.8 Å². The molecule has 1 amide bonds. The fourth-order valence-corrected chi connectivity index (χ4v) is 2.94. The molecule has 7 nitrogen and oxygen atoms in total. The van der Waals surface area contributed by atoms with E-state index in [4.69, 9.17) is 4.74 Å². The van der Waals surface area contributed by atoms with E-state index in [0.29, 0.717) is 0 Å². The third kappa shape index (κ3) is 6.00. The zero-order valence-electron chi connectivity index (χ0n) is 17.7. The van der Waals surface area contributed by atoms with Crippen molar-refractivity contribution in [2.24, 2.45) is 0 Å².